The highest BCUT2D eigenvalue weighted by atomic mass is 16.5. The number of hydrogen-bond acceptors (Lipinski definition) is 4. The molecule has 1 aliphatic heterocycles. The minimum atomic E-state index is -0.386. The van der Waals surface area contributed by atoms with Crippen molar-refractivity contribution in [3.63, 3.8) is 0 Å². The summed E-state index contributed by atoms with van der Waals surface area (Å²) in [4.78, 5) is 25.0. The molecule has 0 spiro atoms. The smallest absolute Gasteiger partial charge is 0.311 e. The Morgan fingerprint density at radius 1 is 1.50 bits per heavy atom. The molecule has 1 atom stereocenters. The van der Waals surface area contributed by atoms with Crippen LogP contribution in [0.5, 0.6) is 0 Å². The van der Waals surface area contributed by atoms with Crippen LogP contribution in [-0.2, 0) is 14.3 Å². The fraction of sp³-hybridized carbons (Fsp3) is 0.385. The molecule has 0 aliphatic carbocycles. The lowest BCUT2D eigenvalue weighted by molar-refractivity contribution is -0.145. The first-order valence-electron chi connectivity index (χ1n) is 5.77. The first-order chi connectivity index (χ1) is 8.52. The van der Waals surface area contributed by atoms with Gasteiger partial charge in [-0.25, -0.2) is 0 Å². The molecule has 18 heavy (non-hydrogen) atoms. The first kappa shape index (κ1) is 12.4. The number of methoxy groups -OCH3 is 1. The number of benzene rings is 1. The Kier molecular flexibility index (Phi) is 3.23. The lowest BCUT2D eigenvalue weighted by Crippen LogP contribution is -2.26. The maximum absolute atomic E-state index is 11.9. The van der Waals surface area contributed by atoms with Gasteiger partial charge in [0.05, 0.1) is 13.0 Å². The number of esters is 1. The number of aryl methyl sites for hydroxylation is 1. The van der Waals surface area contributed by atoms with Crippen molar-refractivity contribution >= 4 is 23.3 Å². The van der Waals surface area contributed by atoms with E-state index in [1.807, 2.05) is 13.0 Å². The van der Waals surface area contributed by atoms with E-state index < -0.39 is 0 Å². The number of hydrogen-bond donors (Lipinski definition) is 1. The number of carbonyl (C=O) groups excluding carboxylic acids is 2. The van der Waals surface area contributed by atoms with Gasteiger partial charge in [0, 0.05) is 24.3 Å². The first-order valence-corrected chi connectivity index (χ1v) is 5.77. The molecule has 0 radical (unpaired) electrons. The SMILES string of the molecule is COC(=O)[C@H]1CC(=O)N(c2cc(N)ccc2C)C1. The van der Waals surface area contributed by atoms with Crippen LogP contribution in [0.15, 0.2) is 18.2 Å². The Labute approximate surface area is 106 Å². The Bertz CT molecular complexity index is 499. The minimum absolute atomic E-state index is 0.0703. The van der Waals surface area contributed by atoms with Crippen LogP contribution in [0.2, 0.25) is 0 Å². The lowest BCUT2D eigenvalue weighted by Gasteiger charge is -2.19. The third-order valence-electron chi connectivity index (χ3n) is 3.18. The predicted molar refractivity (Wildman–Crippen MR) is 68.1 cm³/mol. The molecule has 2 N–H and O–H groups in total. The maximum atomic E-state index is 11.9. The van der Waals surface area contributed by atoms with Crippen molar-refractivity contribution < 1.29 is 14.3 Å². The zero-order valence-electron chi connectivity index (χ0n) is 10.5. The number of ether oxygens (including phenoxy) is 1. The van der Waals surface area contributed by atoms with E-state index in [9.17, 15) is 9.59 Å². The molecule has 1 amide bonds. The molecule has 1 aromatic rings. The Morgan fingerprint density at radius 2 is 2.22 bits per heavy atom. The monoisotopic (exact) mass is 248 g/mol. The molecule has 5 heteroatoms. The van der Waals surface area contributed by atoms with Crippen molar-refractivity contribution in [1.82, 2.24) is 0 Å². The number of nitrogens with two attached hydrogens (primary N) is 1. The molecule has 1 aliphatic rings. The molecule has 0 bridgehead atoms. The van der Waals surface area contributed by atoms with Gasteiger partial charge >= 0.3 is 5.97 Å². The van der Waals surface area contributed by atoms with Crippen LogP contribution in [0, 0.1) is 12.8 Å². The van der Waals surface area contributed by atoms with Gasteiger partial charge in [-0.3, -0.25) is 9.59 Å². The molecule has 96 valence electrons. The molecule has 1 saturated heterocycles. The molecular formula is C13H16N2O3. The summed E-state index contributed by atoms with van der Waals surface area (Å²) < 4.78 is 4.68. The summed E-state index contributed by atoms with van der Waals surface area (Å²) in [5.74, 6) is -0.796. The maximum Gasteiger partial charge on any atom is 0.311 e. The van der Waals surface area contributed by atoms with Crippen LogP contribution in [-0.4, -0.2) is 25.5 Å². The van der Waals surface area contributed by atoms with Gasteiger partial charge in [0.2, 0.25) is 5.91 Å². The summed E-state index contributed by atoms with van der Waals surface area (Å²) in [6, 6.07) is 5.41. The summed E-state index contributed by atoms with van der Waals surface area (Å²) in [6.07, 6.45) is 0.195. The average Bonchev–Trinajstić information content (AvgIpc) is 2.73. The van der Waals surface area contributed by atoms with Crippen molar-refractivity contribution in [3.05, 3.63) is 23.8 Å². The van der Waals surface area contributed by atoms with E-state index in [2.05, 4.69) is 4.74 Å². The third kappa shape index (κ3) is 2.16. The van der Waals surface area contributed by atoms with Crippen LogP contribution in [0.25, 0.3) is 0 Å². The standard InChI is InChI=1S/C13H16N2O3/c1-8-3-4-10(14)6-11(8)15-7-9(5-12(15)16)13(17)18-2/h3-4,6,9H,5,7,14H2,1-2H3/t9-/m0/s1. The van der Waals surface area contributed by atoms with E-state index in [-0.39, 0.29) is 24.2 Å². The largest absolute Gasteiger partial charge is 0.469 e. The van der Waals surface area contributed by atoms with Crippen molar-refractivity contribution in [1.29, 1.82) is 0 Å². The molecule has 2 rings (SSSR count). The normalized spacial score (nSPS) is 19.1. The van der Waals surface area contributed by atoms with Crippen LogP contribution in [0.1, 0.15) is 12.0 Å². The van der Waals surface area contributed by atoms with Crippen molar-refractivity contribution in [2.24, 2.45) is 5.92 Å². The summed E-state index contributed by atoms with van der Waals surface area (Å²) in [5.41, 5.74) is 8.06. The number of amides is 1. The van der Waals surface area contributed by atoms with Gasteiger partial charge in [-0.2, -0.15) is 0 Å². The quantitative estimate of drug-likeness (QED) is 0.628. The van der Waals surface area contributed by atoms with Crippen molar-refractivity contribution in [3.8, 4) is 0 Å². The Morgan fingerprint density at radius 3 is 2.89 bits per heavy atom. The Balaban J connectivity index is 2.27. The van der Waals surface area contributed by atoms with E-state index in [1.54, 1.807) is 17.0 Å². The zero-order valence-corrected chi connectivity index (χ0v) is 10.5. The summed E-state index contributed by atoms with van der Waals surface area (Å²) >= 11 is 0. The van der Waals surface area contributed by atoms with Gasteiger partial charge < -0.3 is 15.4 Å². The molecule has 0 aromatic heterocycles. The summed E-state index contributed by atoms with van der Waals surface area (Å²) in [6.45, 7) is 2.27. The second kappa shape index (κ2) is 4.68. The molecule has 5 nitrogen and oxygen atoms in total. The second-order valence-corrected chi connectivity index (χ2v) is 4.47. The van der Waals surface area contributed by atoms with E-state index in [0.29, 0.717) is 12.2 Å². The molecule has 1 heterocycles. The molecule has 1 aromatic carbocycles. The van der Waals surface area contributed by atoms with Gasteiger partial charge in [-0.15, -0.1) is 0 Å². The average molecular weight is 248 g/mol. The highest BCUT2D eigenvalue weighted by molar-refractivity contribution is 6.00. The highest BCUT2D eigenvalue weighted by Crippen LogP contribution is 2.29. The van der Waals surface area contributed by atoms with Gasteiger partial charge in [0.1, 0.15) is 0 Å². The van der Waals surface area contributed by atoms with E-state index >= 15 is 0 Å². The van der Waals surface area contributed by atoms with Gasteiger partial charge in [0.15, 0.2) is 0 Å². The van der Waals surface area contributed by atoms with Crippen LogP contribution >= 0.6 is 0 Å². The topological polar surface area (TPSA) is 72.6 Å². The fourth-order valence-electron chi connectivity index (χ4n) is 2.18. The van der Waals surface area contributed by atoms with Gasteiger partial charge in [-0.05, 0) is 24.6 Å². The minimum Gasteiger partial charge on any atom is -0.469 e. The van der Waals surface area contributed by atoms with Crippen LogP contribution in [0.4, 0.5) is 11.4 Å². The van der Waals surface area contributed by atoms with Gasteiger partial charge in [-0.1, -0.05) is 6.07 Å². The van der Waals surface area contributed by atoms with E-state index in [1.165, 1.54) is 7.11 Å². The number of anilines is 2. The van der Waals surface area contributed by atoms with E-state index in [0.717, 1.165) is 11.3 Å². The predicted octanol–water partition coefficient (Wildman–Crippen LogP) is 1.10. The van der Waals surface area contributed by atoms with Crippen LogP contribution < -0.4 is 10.6 Å². The van der Waals surface area contributed by atoms with Gasteiger partial charge in [0.25, 0.3) is 0 Å². The van der Waals surface area contributed by atoms with Crippen molar-refractivity contribution in [2.75, 3.05) is 24.3 Å². The summed E-state index contributed by atoms with van der Waals surface area (Å²) in [5, 5.41) is 0. The zero-order chi connectivity index (χ0) is 13.3. The third-order valence-corrected chi connectivity index (χ3v) is 3.18. The number of nitrogens with zero attached hydrogens (tertiary/aromatic N) is 1. The fourth-order valence-corrected chi connectivity index (χ4v) is 2.18. The molecular weight excluding hydrogens is 232 g/mol. The summed E-state index contributed by atoms with van der Waals surface area (Å²) in [7, 11) is 1.33. The lowest BCUT2D eigenvalue weighted by atomic mass is 10.1. The molecule has 0 unspecified atom stereocenters. The Hall–Kier alpha value is -2.04. The van der Waals surface area contributed by atoms with Crippen LogP contribution in [0.3, 0.4) is 0 Å². The number of nitrogen functional groups attached to an aromatic ring is 1. The number of carbonyl (C=O) groups is 2. The molecule has 1 fully saturated rings. The molecule has 0 saturated carbocycles. The number of rotatable bonds is 2. The van der Waals surface area contributed by atoms with E-state index in [4.69, 9.17) is 5.73 Å². The van der Waals surface area contributed by atoms with Crippen molar-refractivity contribution in [2.45, 2.75) is 13.3 Å². The second-order valence-electron chi connectivity index (χ2n) is 4.47. The highest BCUT2D eigenvalue weighted by Gasteiger charge is 2.36.